The summed E-state index contributed by atoms with van der Waals surface area (Å²) in [6, 6.07) is 0. The molecular weight excluding hydrogens is 372 g/mol. The number of hydrogen-bond donors (Lipinski definition) is 0. The van der Waals surface area contributed by atoms with Gasteiger partial charge in [-0.15, -0.1) is 0 Å². The number of carbonyl (C=O) groups excluding carboxylic acids is 4. The molecular formula is C21H34N4O4. The second kappa shape index (κ2) is 21.8. The van der Waals surface area contributed by atoms with Gasteiger partial charge in [0, 0.05) is 0 Å². The Morgan fingerprint density at radius 1 is 0.655 bits per heavy atom. The van der Waals surface area contributed by atoms with Crippen LogP contribution >= 0.6 is 0 Å². The lowest BCUT2D eigenvalue weighted by Crippen LogP contribution is -2.20. The molecule has 29 heavy (non-hydrogen) atoms. The zero-order valence-electron chi connectivity index (χ0n) is 18.0. The summed E-state index contributed by atoms with van der Waals surface area (Å²) in [6.45, 7) is 8.22. The molecule has 162 valence electrons. The topological polar surface area (TPSA) is 118 Å². The molecule has 0 fully saturated rings. The fraction of sp³-hybridized carbons (Fsp3) is 0.810. The van der Waals surface area contributed by atoms with Crippen molar-refractivity contribution in [2.75, 3.05) is 26.2 Å². The Labute approximate surface area is 173 Å². The van der Waals surface area contributed by atoms with Crippen LogP contribution in [-0.2, 0) is 19.2 Å². The first-order valence-electron chi connectivity index (χ1n) is 10.1. The normalized spacial score (nSPS) is 10.7. The van der Waals surface area contributed by atoms with Crippen LogP contribution in [0.2, 0.25) is 0 Å². The summed E-state index contributed by atoms with van der Waals surface area (Å²) in [6.07, 6.45) is 14.7. The molecule has 0 aromatic carbocycles. The summed E-state index contributed by atoms with van der Waals surface area (Å²) in [5.41, 5.74) is -0.0464. The Morgan fingerprint density at radius 3 is 1.48 bits per heavy atom. The van der Waals surface area contributed by atoms with Crippen molar-refractivity contribution in [2.45, 2.75) is 72.1 Å². The smallest absolute Gasteiger partial charge is 0.211 e. The quantitative estimate of drug-likeness (QED) is 0.218. The molecule has 0 saturated heterocycles. The lowest BCUT2D eigenvalue weighted by molar-refractivity contribution is 0.291. The van der Waals surface area contributed by atoms with E-state index in [-0.39, 0.29) is 5.41 Å². The van der Waals surface area contributed by atoms with Gasteiger partial charge in [0.1, 0.15) is 0 Å². The van der Waals surface area contributed by atoms with Gasteiger partial charge in [-0.2, -0.15) is 0 Å². The summed E-state index contributed by atoms with van der Waals surface area (Å²) < 4.78 is 0. The van der Waals surface area contributed by atoms with Crippen LogP contribution in [-0.4, -0.2) is 50.5 Å². The molecule has 0 aliphatic rings. The van der Waals surface area contributed by atoms with Gasteiger partial charge >= 0.3 is 0 Å². The van der Waals surface area contributed by atoms with Crippen molar-refractivity contribution in [1.29, 1.82) is 0 Å². The van der Waals surface area contributed by atoms with Crippen molar-refractivity contribution in [3.63, 3.8) is 0 Å². The number of hydrogen-bond acceptors (Lipinski definition) is 8. The number of isocyanates is 4. The molecule has 0 rings (SSSR count). The third-order valence-corrected chi connectivity index (χ3v) is 4.11. The lowest BCUT2D eigenvalue weighted by atomic mass is 9.83. The molecule has 0 bridgehead atoms. The molecule has 1 atom stereocenters. The highest BCUT2D eigenvalue weighted by atomic mass is 16.1. The lowest BCUT2D eigenvalue weighted by Gasteiger charge is -2.24. The van der Waals surface area contributed by atoms with Crippen molar-refractivity contribution in [1.82, 2.24) is 0 Å². The summed E-state index contributed by atoms with van der Waals surface area (Å²) in [5, 5.41) is 0. The van der Waals surface area contributed by atoms with Crippen LogP contribution in [0.4, 0.5) is 0 Å². The molecule has 8 nitrogen and oxygen atoms in total. The Morgan fingerprint density at radius 2 is 1.07 bits per heavy atom. The van der Waals surface area contributed by atoms with E-state index < -0.39 is 0 Å². The summed E-state index contributed by atoms with van der Waals surface area (Å²) in [4.78, 5) is 53.4. The minimum atomic E-state index is -0.0464. The molecule has 0 aliphatic carbocycles. The highest BCUT2D eigenvalue weighted by Gasteiger charge is 2.20. The number of aliphatic imine (C=N–C) groups is 4. The van der Waals surface area contributed by atoms with Gasteiger partial charge in [0.25, 0.3) is 0 Å². The van der Waals surface area contributed by atoms with Crippen molar-refractivity contribution in [3.8, 4) is 0 Å². The Balaban J connectivity index is 0. The van der Waals surface area contributed by atoms with Gasteiger partial charge in [-0.05, 0) is 30.6 Å². The standard InChI is InChI=1S/C11H18N2O2.C10H16N2O2/c14-10-12-8-6-4-2-1-3-5-7-9-13-11-15;1-9(5-11-7-13)4-10(2,3)6-12-8-14/h1-9H2;9H,4-6H2,1-3H3. The van der Waals surface area contributed by atoms with Crippen LogP contribution in [0.25, 0.3) is 0 Å². The first-order valence-corrected chi connectivity index (χ1v) is 10.1. The third-order valence-electron chi connectivity index (χ3n) is 4.11. The van der Waals surface area contributed by atoms with E-state index in [4.69, 9.17) is 0 Å². The average molecular weight is 407 g/mol. The Kier molecular flexibility index (Phi) is 21.6. The molecule has 0 heterocycles. The minimum absolute atomic E-state index is 0.0464. The third kappa shape index (κ3) is 25.5. The minimum Gasteiger partial charge on any atom is -0.211 e. The molecule has 0 amide bonds. The maximum Gasteiger partial charge on any atom is 0.234 e. The fourth-order valence-electron chi connectivity index (χ4n) is 2.87. The highest BCUT2D eigenvalue weighted by Crippen LogP contribution is 2.25. The fourth-order valence-corrected chi connectivity index (χ4v) is 2.87. The second-order valence-corrected chi connectivity index (χ2v) is 7.73. The van der Waals surface area contributed by atoms with Crippen LogP contribution in [0.1, 0.15) is 72.1 Å². The van der Waals surface area contributed by atoms with Gasteiger partial charge in [-0.25, -0.2) is 39.1 Å². The predicted molar refractivity (Wildman–Crippen MR) is 112 cm³/mol. The Hall–Kier alpha value is -2.48. The molecule has 0 radical (unpaired) electrons. The summed E-state index contributed by atoms with van der Waals surface area (Å²) in [7, 11) is 0. The van der Waals surface area contributed by atoms with E-state index in [0.717, 1.165) is 32.1 Å². The van der Waals surface area contributed by atoms with E-state index >= 15 is 0 Å². The largest absolute Gasteiger partial charge is 0.234 e. The van der Waals surface area contributed by atoms with Gasteiger partial charge in [-0.1, -0.05) is 52.9 Å². The summed E-state index contributed by atoms with van der Waals surface area (Å²) >= 11 is 0. The molecule has 0 aliphatic heterocycles. The van der Waals surface area contributed by atoms with Crippen molar-refractivity contribution in [3.05, 3.63) is 0 Å². The number of rotatable bonds is 16. The van der Waals surface area contributed by atoms with E-state index in [1.165, 1.54) is 43.6 Å². The number of unbranched alkanes of at least 4 members (excludes halogenated alkanes) is 6. The maximum atomic E-state index is 9.95. The van der Waals surface area contributed by atoms with Gasteiger partial charge in [-0.3, -0.25) is 0 Å². The van der Waals surface area contributed by atoms with Crippen LogP contribution in [0.3, 0.4) is 0 Å². The van der Waals surface area contributed by atoms with E-state index in [2.05, 4.69) is 20.0 Å². The number of nitrogens with zero attached hydrogens (tertiary/aromatic N) is 4. The zero-order chi connectivity index (χ0) is 22.2. The van der Waals surface area contributed by atoms with Crippen LogP contribution in [0, 0.1) is 11.3 Å². The van der Waals surface area contributed by atoms with Crippen LogP contribution in [0.5, 0.6) is 0 Å². The zero-order valence-corrected chi connectivity index (χ0v) is 18.0. The van der Waals surface area contributed by atoms with Crippen molar-refractivity contribution < 1.29 is 19.2 Å². The van der Waals surface area contributed by atoms with Gasteiger partial charge in [0.15, 0.2) is 0 Å². The highest BCUT2D eigenvalue weighted by molar-refractivity contribution is 5.33. The van der Waals surface area contributed by atoms with Crippen molar-refractivity contribution >= 4 is 24.3 Å². The Bertz CT molecular complexity index is 572. The molecule has 8 heteroatoms. The van der Waals surface area contributed by atoms with E-state index in [1.807, 2.05) is 20.8 Å². The van der Waals surface area contributed by atoms with Crippen LogP contribution in [0.15, 0.2) is 20.0 Å². The monoisotopic (exact) mass is 406 g/mol. The predicted octanol–water partition coefficient (Wildman–Crippen LogP) is 4.10. The molecule has 0 saturated carbocycles. The summed E-state index contributed by atoms with van der Waals surface area (Å²) in [5.74, 6) is 0.299. The van der Waals surface area contributed by atoms with E-state index in [9.17, 15) is 19.2 Å². The van der Waals surface area contributed by atoms with Gasteiger partial charge in [0.2, 0.25) is 24.3 Å². The average Bonchev–Trinajstić information content (AvgIpc) is 2.69. The second-order valence-electron chi connectivity index (χ2n) is 7.73. The van der Waals surface area contributed by atoms with Crippen LogP contribution < -0.4 is 0 Å². The van der Waals surface area contributed by atoms with Gasteiger partial charge < -0.3 is 0 Å². The van der Waals surface area contributed by atoms with E-state index in [1.54, 1.807) is 0 Å². The molecule has 0 aromatic heterocycles. The first kappa shape index (κ1) is 28.7. The SMILES string of the molecule is CC(CN=C=O)CC(C)(C)CN=C=O.O=C=NCCCCCCCCCN=C=O. The molecule has 0 spiro atoms. The maximum absolute atomic E-state index is 9.95. The molecule has 0 aromatic rings. The first-order chi connectivity index (χ1) is 13.9. The van der Waals surface area contributed by atoms with Gasteiger partial charge in [0.05, 0.1) is 26.2 Å². The van der Waals surface area contributed by atoms with E-state index in [0.29, 0.717) is 32.1 Å². The molecule has 0 N–H and O–H groups in total. The van der Waals surface area contributed by atoms with Crippen molar-refractivity contribution in [2.24, 2.45) is 31.3 Å². The molecule has 1 unspecified atom stereocenters.